The van der Waals surface area contributed by atoms with E-state index < -0.39 is 24.4 Å². The summed E-state index contributed by atoms with van der Waals surface area (Å²) in [4.78, 5) is 3.86. The highest BCUT2D eigenvalue weighted by atomic mass is 79.9. The summed E-state index contributed by atoms with van der Waals surface area (Å²) in [5.74, 6) is -0.0686. The normalized spacial score (nSPS) is 13.5. The van der Waals surface area contributed by atoms with E-state index in [0.29, 0.717) is 0 Å². The highest BCUT2D eigenvalue weighted by Crippen LogP contribution is 2.37. The van der Waals surface area contributed by atoms with Crippen molar-refractivity contribution in [1.82, 2.24) is 10.1 Å². The Balaban J connectivity index is 2.41. The van der Waals surface area contributed by atoms with Crippen LogP contribution in [-0.2, 0) is 6.18 Å². The van der Waals surface area contributed by atoms with Crippen molar-refractivity contribution < 1.29 is 22.8 Å². The Hall–Kier alpha value is -1.45. The smallest absolute Gasteiger partial charge is 0.394 e. The topological polar surface area (TPSA) is 85.2 Å². The van der Waals surface area contributed by atoms with Gasteiger partial charge in [0.2, 0.25) is 0 Å². The summed E-state index contributed by atoms with van der Waals surface area (Å²) < 4.78 is 43.1. The van der Waals surface area contributed by atoms with Gasteiger partial charge < -0.3 is 15.4 Å². The van der Waals surface area contributed by atoms with Crippen molar-refractivity contribution in [2.24, 2.45) is 5.73 Å². The number of benzene rings is 1. The van der Waals surface area contributed by atoms with Crippen molar-refractivity contribution >= 4 is 15.9 Å². The molecule has 0 aliphatic heterocycles. The fraction of sp³-hybridized carbons (Fsp3) is 0.273. The van der Waals surface area contributed by atoms with Crippen LogP contribution in [0.15, 0.2) is 27.2 Å². The summed E-state index contributed by atoms with van der Waals surface area (Å²) in [5, 5.41) is 12.4. The molecule has 0 fully saturated rings. The first-order chi connectivity index (χ1) is 9.32. The van der Waals surface area contributed by atoms with E-state index in [0.717, 1.165) is 6.07 Å². The van der Waals surface area contributed by atoms with E-state index >= 15 is 0 Å². The second kappa shape index (κ2) is 5.51. The quantitative estimate of drug-likeness (QED) is 0.887. The Kier molecular flexibility index (Phi) is 4.11. The maximum Gasteiger partial charge on any atom is 0.417 e. The number of nitrogens with two attached hydrogens (primary N) is 1. The minimum absolute atomic E-state index is 0.0268. The Labute approximate surface area is 119 Å². The number of halogens is 4. The van der Waals surface area contributed by atoms with E-state index in [1.165, 1.54) is 12.1 Å². The average molecular weight is 352 g/mol. The summed E-state index contributed by atoms with van der Waals surface area (Å²) in [6.45, 7) is -0.396. The zero-order chi connectivity index (χ0) is 14.9. The fourth-order valence-corrected chi connectivity index (χ4v) is 1.93. The molecule has 1 aromatic heterocycles. The van der Waals surface area contributed by atoms with Crippen LogP contribution in [0.5, 0.6) is 0 Å². The van der Waals surface area contributed by atoms with Crippen LogP contribution in [0, 0.1) is 0 Å². The molecule has 9 heteroatoms. The van der Waals surface area contributed by atoms with Crippen LogP contribution < -0.4 is 5.73 Å². The Morgan fingerprint density at radius 1 is 1.40 bits per heavy atom. The molecule has 0 spiro atoms. The molecule has 2 aromatic rings. The first-order valence-electron chi connectivity index (χ1n) is 5.40. The lowest BCUT2D eigenvalue weighted by Gasteiger charge is -2.09. The number of rotatable bonds is 3. The third kappa shape index (κ3) is 3.00. The number of aliphatic hydroxyl groups excluding tert-OH is 1. The van der Waals surface area contributed by atoms with Crippen LogP contribution in [0.1, 0.15) is 17.4 Å². The standard InChI is InChI=1S/C11H9BrF3N3O2/c12-7-2-1-5(3-6(7)11(13,14)15)10-17-9(18-20-10)8(16)4-19/h1-3,8,19H,4,16H2. The van der Waals surface area contributed by atoms with Gasteiger partial charge in [0.1, 0.15) is 0 Å². The lowest BCUT2D eigenvalue weighted by Crippen LogP contribution is -2.15. The molecule has 20 heavy (non-hydrogen) atoms. The van der Waals surface area contributed by atoms with E-state index in [9.17, 15) is 13.2 Å². The minimum Gasteiger partial charge on any atom is -0.394 e. The van der Waals surface area contributed by atoms with Crippen LogP contribution in [0.2, 0.25) is 0 Å². The van der Waals surface area contributed by atoms with Gasteiger partial charge in [-0.3, -0.25) is 0 Å². The van der Waals surface area contributed by atoms with Gasteiger partial charge >= 0.3 is 6.18 Å². The number of aromatic nitrogens is 2. The number of aliphatic hydroxyl groups is 1. The molecule has 0 aliphatic rings. The van der Waals surface area contributed by atoms with Gasteiger partial charge in [0, 0.05) is 10.0 Å². The lowest BCUT2D eigenvalue weighted by atomic mass is 10.1. The van der Waals surface area contributed by atoms with Crippen molar-refractivity contribution in [3.05, 3.63) is 34.1 Å². The summed E-state index contributed by atoms with van der Waals surface area (Å²) in [7, 11) is 0. The first kappa shape index (κ1) is 14.9. The third-order valence-electron chi connectivity index (χ3n) is 2.49. The molecule has 0 aliphatic carbocycles. The predicted octanol–water partition coefficient (Wildman–Crippen LogP) is 2.51. The monoisotopic (exact) mass is 351 g/mol. The van der Waals surface area contributed by atoms with Crippen molar-refractivity contribution in [3.8, 4) is 11.5 Å². The zero-order valence-corrected chi connectivity index (χ0v) is 11.4. The fourth-order valence-electron chi connectivity index (χ4n) is 1.46. The minimum atomic E-state index is -4.50. The van der Waals surface area contributed by atoms with Crippen LogP contribution in [0.3, 0.4) is 0 Å². The molecule has 2 rings (SSSR count). The Morgan fingerprint density at radius 3 is 2.70 bits per heavy atom. The van der Waals surface area contributed by atoms with Gasteiger partial charge in [-0.1, -0.05) is 21.1 Å². The highest BCUT2D eigenvalue weighted by molar-refractivity contribution is 9.10. The maximum atomic E-state index is 12.8. The second-order valence-electron chi connectivity index (χ2n) is 3.94. The van der Waals surface area contributed by atoms with Crippen LogP contribution in [0.25, 0.3) is 11.5 Å². The number of nitrogens with zero attached hydrogens (tertiary/aromatic N) is 2. The second-order valence-corrected chi connectivity index (χ2v) is 4.79. The summed E-state index contributed by atoms with van der Waals surface area (Å²) in [5.41, 5.74) is 4.76. The van der Waals surface area contributed by atoms with E-state index in [2.05, 4.69) is 26.1 Å². The largest absolute Gasteiger partial charge is 0.417 e. The first-order valence-corrected chi connectivity index (χ1v) is 6.19. The molecule has 0 amide bonds. The van der Waals surface area contributed by atoms with Crippen molar-refractivity contribution in [2.75, 3.05) is 6.61 Å². The zero-order valence-electron chi connectivity index (χ0n) is 9.86. The van der Waals surface area contributed by atoms with Gasteiger partial charge in [-0.25, -0.2) is 0 Å². The average Bonchev–Trinajstić information content (AvgIpc) is 2.86. The molecule has 0 saturated heterocycles. The molecule has 1 unspecified atom stereocenters. The third-order valence-corrected chi connectivity index (χ3v) is 3.18. The summed E-state index contributed by atoms with van der Waals surface area (Å²) >= 11 is 2.84. The van der Waals surface area contributed by atoms with Gasteiger partial charge in [-0.2, -0.15) is 18.2 Å². The Bertz CT molecular complexity index is 615. The highest BCUT2D eigenvalue weighted by Gasteiger charge is 2.33. The number of alkyl halides is 3. The van der Waals surface area contributed by atoms with Gasteiger partial charge in [-0.15, -0.1) is 0 Å². The molecule has 0 bridgehead atoms. The molecule has 1 aromatic carbocycles. The predicted molar refractivity (Wildman–Crippen MR) is 66.5 cm³/mol. The summed E-state index contributed by atoms with van der Waals surface area (Å²) in [6, 6.07) is 2.70. The van der Waals surface area contributed by atoms with E-state index in [-0.39, 0.29) is 21.8 Å². The van der Waals surface area contributed by atoms with Crippen molar-refractivity contribution in [1.29, 1.82) is 0 Å². The molecular formula is C11H9BrF3N3O2. The molecular weight excluding hydrogens is 343 g/mol. The van der Waals surface area contributed by atoms with Gasteiger partial charge in [-0.05, 0) is 18.2 Å². The molecule has 1 heterocycles. The summed E-state index contributed by atoms with van der Waals surface area (Å²) in [6.07, 6.45) is -4.50. The van der Waals surface area contributed by atoms with Crippen molar-refractivity contribution in [2.45, 2.75) is 12.2 Å². The molecule has 5 nitrogen and oxygen atoms in total. The van der Waals surface area contributed by atoms with Gasteiger partial charge in [0.25, 0.3) is 5.89 Å². The van der Waals surface area contributed by atoms with Gasteiger partial charge in [0.05, 0.1) is 18.2 Å². The molecule has 0 saturated carbocycles. The molecule has 3 N–H and O–H groups in total. The number of hydrogen-bond donors (Lipinski definition) is 2. The number of hydrogen-bond acceptors (Lipinski definition) is 5. The molecule has 108 valence electrons. The molecule has 0 radical (unpaired) electrons. The van der Waals surface area contributed by atoms with Crippen LogP contribution >= 0.6 is 15.9 Å². The lowest BCUT2D eigenvalue weighted by molar-refractivity contribution is -0.138. The Morgan fingerprint density at radius 2 is 2.10 bits per heavy atom. The van der Waals surface area contributed by atoms with E-state index in [1.807, 2.05) is 0 Å². The SMILES string of the molecule is NC(CO)c1noc(-c2ccc(Br)c(C(F)(F)F)c2)n1. The van der Waals surface area contributed by atoms with E-state index in [4.69, 9.17) is 15.4 Å². The van der Waals surface area contributed by atoms with E-state index in [1.54, 1.807) is 0 Å². The van der Waals surface area contributed by atoms with Gasteiger partial charge in [0.15, 0.2) is 5.82 Å². The maximum absolute atomic E-state index is 12.8. The van der Waals surface area contributed by atoms with Crippen LogP contribution in [0.4, 0.5) is 13.2 Å². The van der Waals surface area contributed by atoms with Crippen molar-refractivity contribution in [3.63, 3.8) is 0 Å². The van der Waals surface area contributed by atoms with Crippen LogP contribution in [-0.4, -0.2) is 21.9 Å². The molecule has 1 atom stereocenters.